The molecule has 174 valence electrons. The van der Waals surface area contributed by atoms with Crippen molar-refractivity contribution in [1.82, 2.24) is 9.88 Å². The molecule has 3 rings (SSSR count). The molecule has 0 aliphatic carbocycles. The number of rotatable bonds is 5. The lowest BCUT2D eigenvalue weighted by Gasteiger charge is -2.33. The number of carbonyl (C=O) groups excluding carboxylic acids is 1. The number of nitrogens with zero attached hydrogens (tertiary/aromatic N) is 2. The second kappa shape index (κ2) is 9.36. The maximum atomic E-state index is 12.2. The fourth-order valence-electron chi connectivity index (χ4n) is 3.49. The van der Waals surface area contributed by atoms with Crippen LogP contribution in [0.15, 0.2) is 41.4 Å². The number of benzene rings is 1. The minimum Gasteiger partial charge on any atom is -0.506 e. The van der Waals surface area contributed by atoms with Crippen LogP contribution in [-0.4, -0.2) is 54.4 Å². The van der Waals surface area contributed by atoms with Crippen molar-refractivity contribution < 1.29 is 27.8 Å². The van der Waals surface area contributed by atoms with E-state index in [0.29, 0.717) is 24.5 Å². The highest BCUT2D eigenvalue weighted by Gasteiger charge is 2.28. The van der Waals surface area contributed by atoms with Crippen molar-refractivity contribution in [2.45, 2.75) is 56.6 Å². The van der Waals surface area contributed by atoms with Gasteiger partial charge in [-0.3, -0.25) is 4.98 Å². The van der Waals surface area contributed by atoms with Gasteiger partial charge in [-0.15, -0.1) is 0 Å². The van der Waals surface area contributed by atoms with E-state index in [-0.39, 0.29) is 29.3 Å². The molecular formula is C23H30N2O6S. The minimum absolute atomic E-state index is 0.0461. The Hall–Kier alpha value is -2.81. The average Bonchev–Trinajstić information content (AvgIpc) is 2.71. The van der Waals surface area contributed by atoms with Crippen molar-refractivity contribution in [3.8, 4) is 11.5 Å². The number of pyridine rings is 1. The van der Waals surface area contributed by atoms with Crippen LogP contribution in [0.2, 0.25) is 0 Å². The molecular weight excluding hydrogens is 432 g/mol. The van der Waals surface area contributed by atoms with Crippen molar-refractivity contribution in [2.75, 3.05) is 19.3 Å². The fraction of sp³-hybridized carbons (Fsp3) is 0.478. The first kappa shape index (κ1) is 23.8. The summed E-state index contributed by atoms with van der Waals surface area (Å²) in [6.07, 6.45) is 4.12. The molecule has 0 spiro atoms. The van der Waals surface area contributed by atoms with Crippen molar-refractivity contribution in [2.24, 2.45) is 0 Å². The molecule has 0 atom stereocenters. The van der Waals surface area contributed by atoms with Crippen molar-refractivity contribution >= 4 is 15.9 Å². The third-order valence-corrected chi connectivity index (χ3v) is 6.34. The molecule has 32 heavy (non-hydrogen) atoms. The van der Waals surface area contributed by atoms with Gasteiger partial charge in [0.25, 0.3) is 0 Å². The molecule has 1 aromatic carbocycles. The monoisotopic (exact) mass is 462 g/mol. The van der Waals surface area contributed by atoms with Gasteiger partial charge in [0.05, 0.1) is 4.90 Å². The van der Waals surface area contributed by atoms with Crippen LogP contribution in [0.4, 0.5) is 4.79 Å². The number of aromatic hydroxyl groups is 1. The second-order valence-corrected chi connectivity index (χ2v) is 11.0. The van der Waals surface area contributed by atoms with E-state index in [2.05, 4.69) is 4.98 Å². The summed E-state index contributed by atoms with van der Waals surface area (Å²) in [6, 6.07) is 7.79. The Labute approximate surface area is 189 Å². The van der Waals surface area contributed by atoms with Crippen molar-refractivity contribution in [3.63, 3.8) is 0 Å². The summed E-state index contributed by atoms with van der Waals surface area (Å²) in [7, 11) is -3.26. The summed E-state index contributed by atoms with van der Waals surface area (Å²) >= 11 is 0. The van der Waals surface area contributed by atoms with E-state index in [1.54, 1.807) is 29.3 Å². The van der Waals surface area contributed by atoms with Crippen LogP contribution in [0, 0.1) is 0 Å². The number of hydrogen-bond donors (Lipinski definition) is 1. The first-order chi connectivity index (χ1) is 14.9. The van der Waals surface area contributed by atoms with Crippen LogP contribution in [0.5, 0.6) is 11.5 Å². The predicted octanol–water partition coefficient (Wildman–Crippen LogP) is 3.88. The van der Waals surface area contributed by atoms with E-state index in [4.69, 9.17) is 9.47 Å². The number of sulfone groups is 1. The largest absolute Gasteiger partial charge is 0.506 e. The van der Waals surface area contributed by atoms with E-state index in [9.17, 15) is 18.3 Å². The Morgan fingerprint density at radius 3 is 2.34 bits per heavy atom. The first-order valence-electron chi connectivity index (χ1n) is 10.5. The van der Waals surface area contributed by atoms with E-state index in [1.165, 1.54) is 12.1 Å². The lowest BCUT2D eigenvalue weighted by molar-refractivity contribution is 0.0204. The predicted molar refractivity (Wildman–Crippen MR) is 120 cm³/mol. The standard InChI is InChI=1S/C23H30N2O6S/c1-23(2,3)31-22(27)25-11-9-16(10-12-25)17-13-21(26)20(24-14-17)15-30-18-5-7-19(8-6-18)32(4,28)29/h5-8,13-14,16,26H,9-12,15H2,1-4H3. The molecule has 0 bridgehead atoms. The highest BCUT2D eigenvalue weighted by atomic mass is 32.2. The molecule has 1 aromatic heterocycles. The number of likely N-dealkylation sites (tertiary alicyclic amines) is 1. The van der Waals surface area contributed by atoms with Gasteiger partial charge in [-0.1, -0.05) is 0 Å². The van der Waals surface area contributed by atoms with Crippen LogP contribution in [0.1, 0.15) is 50.8 Å². The Morgan fingerprint density at radius 1 is 1.19 bits per heavy atom. The van der Waals surface area contributed by atoms with Gasteiger partial charge in [-0.2, -0.15) is 0 Å². The van der Waals surface area contributed by atoms with Crippen LogP contribution < -0.4 is 4.74 Å². The Kier molecular flexibility index (Phi) is 6.97. The summed E-state index contributed by atoms with van der Waals surface area (Å²) in [4.78, 5) is 18.5. The average molecular weight is 463 g/mol. The molecule has 1 fully saturated rings. The van der Waals surface area contributed by atoms with Gasteiger partial charge in [0.15, 0.2) is 9.84 Å². The van der Waals surface area contributed by atoms with Crippen molar-refractivity contribution in [3.05, 3.63) is 47.8 Å². The number of piperidine rings is 1. The summed E-state index contributed by atoms with van der Waals surface area (Å²) < 4.78 is 34.1. The molecule has 1 N–H and O–H groups in total. The molecule has 0 radical (unpaired) electrons. The van der Waals surface area contributed by atoms with Gasteiger partial charge in [0, 0.05) is 25.5 Å². The molecule has 2 aromatic rings. The molecule has 1 aliphatic heterocycles. The summed E-state index contributed by atoms with van der Waals surface area (Å²) in [5.74, 6) is 0.729. The molecule has 2 heterocycles. The van der Waals surface area contributed by atoms with Gasteiger partial charge in [-0.05, 0) is 75.4 Å². The Bertz CT molecular complexity index is 1050. The molecule has 1 saturated heterocycles. The maximum absolute atomic E-state index is 12.2. The summed E-state index contributed by atoms with van der Waals surface area (Å²) in [5.41, 5.74) is 0.803. The maximum Gasteiger partial charge on any atom is 0.410 e. The molecule has 1 amide bonds. The lowest BCUT2D eigenvalue weighted by Crippen LogP contribution is -2.41. The smallest absolute Gasteiger partial charge is 0.410 e. The van der Waals surface area contributed by atoms with Gasteiger partial charge < -0.3 is 19.5 Å². The zero-order valence-corrected chi connectivity index (χ0v) is 19.7. The molecule has 8 nitrogen and oxygen atoms in total. The van der Waals surface area contributed by atoms with E-state index in [0.717, 1.165) is 24.7 Å². The van der Waals surface area contributed by atoms with Gasteiger partial charge in [0.1, 0.15) is 29.4 Å². The van der Waals surface area contributed by atoms with Crippen LogP contribution in [-0.2, 0) is 21.2 Å². The third kappa shape index (κ3) is 6.35. The minimum atomic E-state index is -3.26. The molecule has 1 aliphatic rings. The van der Waals surface area contributed by atoms with Crippen LogP contribution in [0.25, 0.3) is 0 Å². The number of ether oxygens (including phenoxy) is 2. The summed E-state index contributed by atoms with van der Waals surface area (Å²) in [6.45, 7) is 6.79. The van der Waals surface area contributed by atoms with Gasteiger partial charge in [-0.25, -0.2) is 13.2 Å². The van der Waals surface area contributed by atoms with Crippen LogP contribution >= 0.6 is 0 Å². The number of amides is 1. The fourth-order valence-corrected chi connectivity index (χ4v) is 4.12. The lowest BCUT2D eigenvalue weighted by atomic mass is 9.90. The number of carbonyl (C=O) groups is 1. The normalized spacial score (nSPS) is 15.4. The van der Waals surface area contributed by atoms with Crippen LogP contribution in [0.3, 0.4) is 0 Å². The highest BCUT2D eigenvalue weighted by molar-refractivity contribution is 7.90. The topological polar surface area (TPSA) is 106 Å². The van der Waals surface area contributed by atoms with Gasteiger partial charge in [0.2, 0.25) is 0 Å². The Balaban J connectivity index is 1.56. The van der Waals surface area contributed by atoms with E-state index in [1.807, 2.05) is 20.8 Å². The third-order valence-electron chi connectivity index (χ3n) is 5.21. The second-order valence-electron chi connectivity index (χ2n) is 9.01. The van der Waals surface area contributed by atoms with E-state index < -0.39 is 15.4 Å². The molecule has 0 saturated carbocycles. The number of aromatic nitrogens is 1. The van der Waals surface area contributed by atoms with Gasteiger partial charge >= 0.3 is 6.09 Å². The first-order valence-corrected chi connectivity index (χ1v) is 12.4. The van der Waals surface area contributed by atoms with E-state index >= 15 is 0 Å². The Morgan fingerprint density at radius 2 is 1.81 bits per heavy atom. The summed E-state index contributed by atoms with van der Waals surface area (Å²) in [5, 5.41) is 10.4. The quantitative estimate of drug-likeness (QED) is 0.719. The zero-order valence-electron chi connectivity index (χ0n) is 18.9. The molecule has 9 heteroatoms. The molecule has 0 unspecified atom stereocenters. The highest BCUT2D eigenvalue weighted by Crippen LogP contribution is 2.31. The SMILES string of the molecule is CC(C)(C)OC(=O)N1CCC(c2cnc(COc3ccc(S(C)(=O)=O)cc3)c(O)c2)CC1. The number of hydrogen-bond acceptors (Lipinski definition) is 7. The van der Waals surface area contributed by atoms with Crippen molar-refractivity contribution in [1.29, 1.82) is 0 Å². The zero-order chi connectivity index (χ0) is 23.5.